The minimum Gasteiger partial charge on any atom is -0.351 e. The van der Waals surface area contributed by atoms with Gasteiger partial charge in [0.1, 0.15) is 0 Å². The zero-order valence-corrected chi connectivity index (χ0v) is 15.5. The van der Waals surface area contributed by atoms with Gasteiger partial charge in [-0.2, -0.15) is 5.10 Å². The molecule has 1 saturated carbocycles. The first-order valence-corrected chi connectivity index (χ1v) is 9.65. The molecule has 0 radical (unpaired) electrons. The van der Waals surface area contributed by atoms with E-state index in [9.17, 15) is 4.79 Å². The molecule has 1 aliphatic carbocycles. The van der Waals surface area contributed by atoms with E-state index in [0.717, 1.165) is 34.3 Å². The summed E-state index contributed by atoms with van der Waals surface area (Å²) in [5.41, 5.74) is 1.99. The van der Waals surface area contributed by atoms with E-state index in [4.69, 9.17) is 4.98 Å². The molecule has 1 amide bonds. The van der Waals surface area contributed by atoms with Gasteiger partial charge in [-0.05, 0) is 19.8 Å². The zero-order valence-electron chi connectivity index (χ0n) is 14.7. The van der Waals surface area contributed by atoms with Crippen LogP contribution in [0, 0.1) is 12.8 Å². The topological polar surface area (TPSA) is 54.3 Å². The van der Waals surface area contributed by atoms with Crippen molar-refractivity contribution < 1.29 is 4.79 Å². The van der Waals surface area contributed by atoms with Gasteiger partial charge in [0.05, 0.1) is 10.4 Å². The van der Waals surface area contributed by atoms with Crippen molar-refractivity contribution in [3.63, 3.8) is 0 Å². The van der Waals surface area contributed by atoms with Gasteiger partial charge in [-0.1, -0.05) is 24.2 Å². The second kappa shape index (κ2) is 6.02. The number of amides is 1. The van der Waals surface area contributed by atoms with Crippen molar-refractivity contribution in [2.45, 2.75) is 45.1 Å². The van der Waals surface area contributed by atoms with Crippen LogP contribution in [0.5, 0.6) is 0 Å². The van der Waals surface area contributed by atoms with Gasteiger partial charge in [-0.15, -0.1) is 0 Å². The monoisotopic (exact) mass is 347 g/mol. The van der Waals surface area contributed by atoms with Crippen molar-refractivity contribution in [1.29, 1.82) is 0 Å². The third-order valence-electron chi connectivity index (χ3n) is 5.40. The van der Waals surface area contributed by atoms with Gasteiger partial charge in [-0.25, -0.2) is 9.67 Å². The number of hydrogen-bond acceptors (Lipinski definition) is 5. The largest absolute Gasteiger partial charge is 0.351 e. The quantitative estimate of drug-likeness (QED) is 0.853. The van der Waals surface area contributed by atoms with E-state index in [1.165, 1.54) is 25.7 Å². The molecule has 130 valence electrons. The molecule has 0 N–H and O–H groups in total. The highest BCUT2D eigenvalue weighted by Gasteiger charge is 2.36. The molecule has 24 heavy (non-hydrogen) atoms. The van der Waals surface area contributed by atoms with Crippen molar-refractivity contribution in [1.82, 2.24) is 19.7 Å². The van der Waals surface area contributed by atoms with Gasteiger partial charge in [-0.3, -0.25) is 4.79 Å². The molecule has 0 spiro atoms. The molecule has 2 fully saturated rings. The number of thiazole rings is 1. The molecular weight excluding hydrogens is 322 g/mol. The average Bonchev–Trinajstić information content (AvgIpc) is 3.27. The summed E-state index contributed by atoms with van der Waals surface area (Å²) in [5.74, 6) is 0.763. The fourth-order valence-electron chi connectivity index (χ4n) is 4.20. The van der Waals surface area contributed by atoms with Crippen molar-refractivity contribution in [3.8, 4) is 0 Å². The highest BCUT2D eigenvalue weighted by atomic mass is 32.1. The number of carbonyl (C=O) groups is 1. The highest BCUT2D eigenvalue weighted by Crippen LogP contribution is 2.33. The van der Waals surface area contributed by atoms with Crippen LogP contribution in [0.2, 0.25) is 0 Å². The van der Waals surface area contributed by atoms with Gasteiger partial charge >= 0.3 is 0 Å². The van der Waals surface area contributed by atoms with Crippen molar-refractivity contribution in [2.24, 2.45) is 13.0 Å². The normalized spacial score (nSPS) is 22.2. The van der Waals surface area contributed by atoms with Crippen molar-refractivity contribution in [2.75, 3.05) is 25.0 Å². The van der Waals surface area contributed by atoms with Crippen LogP contribution in [0.4, 0.5) is 5.13 Å². The summed E-state index contributed by atoms with van der Waals surface area (Å²) in [6.45, 7) is 3.83. The highest BCUT2D eigenvalue weighted by molar-refractivity contribution is 7.22. The summed E-state index contributed by atoms with van der Waals surface area (Å²) >= 11 is 1.70. The lowest BCUT2D eigenvalue weighted by atomic mass is 10.1. The SMILES string of the molecule is Cc1nn(C)c2nc(N(C)C[C@@H]3CC(=O)N(C4CCCC4)C3)sc12. The van der Waals surface area contributed by atoms with E-state index in [-0.39, 0.29) is 0 Å². The molecule has 1 atom stereocenters. The zero-order chi connectivity index (χ0) is 16.8. The molecular formula is C17H25N5OS. The van der Waals surface area contributed by atoms with E-state index in [2.05, 4.69) is 21.9 Å². The molecule has 6 nitrogen and oxygen atoms in total. The van der Waals surface area contributed by atoms with Gasteiger partial charge < -0.3 is 9.80 Å². The maximum Gasteiger partial charge on any atom is 0.223 e. The van der Waals surface area contributed by atoms with E-state index < -0.39 is 0 Å². The molecule has 2 aliphatic rings. The third kappa shape index (κ3) is 2.68. The Labute approximate surface area is 146 Å². The Bertz CT molecular complexity index is 726. The second-order valence-corrected chi connectivity index (χ2v) is 8.27. The molecule has 1 aliphatic heterocycles. The predicted octanol–water partition coefficient (Wildman–Crippen LogP) is 2.57. The van der Waals surface area contributed by atoms with E-state index in [0.29, 0.717) is 24.3 Å². The Balaban J connectivity index is 1.44. The summed E-state index contributed by atoms with van der Waals surface area (Å²) in [7, 11) is 4.02. The average molecular weight is 347 g/mol. The number of carbonyl (C=O) groups excluding carboxylic acids is 1. The molecule has 0 unspecified atom stereocenters. The van der Waals surface area contributed by atoms with Crippen LogP contribution < -0.4 is 4.90 Å². The van der Waals surface area contributed by atoms with Gasteiger partial charge in [0, 0.05) is 45.6 Å². The number of hydrogen-bond donors (Lipinski definition) is 0. The molecule has 1 saturated heterocycles. The maximum absolute atomic E-state index is 12.4. The van der Waals surface area contributed by atoms with Crippen LogP contribution in [0.1, 0.15) is 37.8 Å². The summed E-state index contributed by atoms with van der Waals surface area (Å²) in [6.07, 6.45) is 5.62. The van der Waals surface area contributed by atoms with Gasteiger partial charge in [0.2, 0.25) is 5.91 Å². The maximum atomic E-state index is 12.4. The first-order valence-electron chi connectivity index (χ1n) is 8.83. The standard InChI is InChI=1S/C17H25N5OS/c1-11-15-16(21(3)19-11)18-17(24-15)20(2)9-12-8-14(23)22(10-12)13-6-4-5-7-13/h12-13H,4-10H2,1-3H3/t12-/m0/s1. The minimum absolute atomic E-state index is 0.352. The van der Waals surface area contributed by atoms with Gasteiger partial charge in [0.25, 0.3) is 0 Å². The lowest BCUT2D eigenvalue weighted by molar-refractivity contribution is -0.129. The van der Waals surface area contributed by atoms with Gasteiger partial charge in [0.15, 0.2) is 10.8 Å². The summed E-state index contributed by atoms with van der Waals surface area (Å²) in [6, 6.07) is 0.504. The Morgan fingerprint density at radius 2 is 2.08 bits per heavy atom. The lowest BCUT2D eigenvalue weighted by Crippen LogP contribution is -2.35. The Morgan fingerprint density at radius 1 is 1.33 bits per heavy atom. The molecule has 0 aromatic carbocycles. The van der Waals surface area contributed by atoms with E-state index >= 15 is 0 Å². The molecule has 0 bridgehead atoms. The van der Waals surface area contributed by atoms with Crippen LogP contribution >= 0.6 is 11.3 Å². The van der Waals surface area contributed by atoms with Crippen LogP contribution in [0.15, 0.2) is 0 Å². The Kier molecular flexibility index (Phi) is 3.98. The van der Waals surface area contributed by atoms with Crippen molar-refractivity contribution in [3.05, 3.63) is 5.69 Å². The molecule has 7 heteroatoms. The van der Waals surface area contributed by atoms with Crippen LogP contribution in [0.25, 0.3) is 10.3 Å². The summed E-state index contributed by atoms with van der Waals surface area (Å²) < 4.78 is 3.01. The predicted molar refractivity (Wildman–Crippen MR) is 96.5 cm³/mol. The number of likely N-dealkylation sites (tertiary alicyclic amines) is 1. The lowest BCUT2D eigenvalue weighted by Gasteiger charge is -2.25. The number of aryl methyl sites for hydroxylation is 2. The number of fused-ring (bicyclic) bond motifs is 1. The smallest absolute Gasteiger partial charge is 0.223 e. The van der Waals surface area contributed by atoms with E-state index in [1.54, 1.807) is 11.3 Å². The molecule has 2 aromatic heterocycles. The Morgan fingerprint density at radius 3 is 2.79 bits per heavy atom. The molecule has 4 rings (SSSR count). The second-order valence-electron chi connectivity index (χ2n) is 7.29. The number of anilines is 1. The fraction of sp³-hybridized carbons (Fsp3) is 0.706. The van der Waals surface area contributed by atoms with Crippen LogP contribution in [-0.2, 0) is 11.8 Å². The molecule has 2 aromatic rings. The van der Waals surface area contributed by atoms with Crippen LogP contribution in [-0.4, -0.2) is 51.8 Å². The molecule has 3 heterocycles. The van der Waals surface area contributed by atoms with E-state index in [1.807, 2.05) is 18.7 Å². The number of nitrogens with zero attached hydrogens (tertiary/aromatic N) is 5. The fourth-order valence-corrected chi connectivity index (χ4v) is 5.20. The summed E-state index contributed by atoms with van der Waals surface area (Å²) in [4.78, 5) is 21.5. The first-order chi connectivity index (χ1) is 11.5. The Hall–Kier alpha value is -1.63. The minimum atomic E-state index is 0.352. The summed E-state index contributed by atoms with van der Waals surface area (Å²) in [5, 5.41) is 5.43. The van der Waals surface area contributed by atoms with Crippen molar-refractivity contribution >= 4 is 32.7 Å². The number of rotatable bonds is 4. The third-order valence-corrected chi connectivity index (χ3v) is 6.66. The van der Waals surface area contributed by atoms with Crippen LogP contribution in [0.3, 0.4) is 0 Å². The first kappa shape index (κ1) is 15.9. The number of aromatic nitrogens is 3.